The van der Waals surface area contributed by atoms with Gasteiger partial charge in [-0.05, 0) is 84.7 Å². The summed E-state index contributed by atoms with van der Waals surface area (Å²) < 4.78 is 25.6. The van der Waals surface area contributed by atoms with E-state index in [-0.39, 0.29) is 18.4 Å². The predicted molar refractivity (Wildman–Crippen MR) is 145 cm³/mol. The van der Waals surface area contributed by atoms with Crippen molar-refractivity contribution >= 4 is 39.6 Å². The van der Waals surface area contributed by atoms with Crippen molar-refractivity contribution in [3.63, 3.8) is 0 Å². The molecule has 0 amide bonds. The molecule has 1 aliphatic heterocycles. The van der Waals surface area contributed by atoms with Crippen LogP contribution in [-0.2, 0) is 22.7 Å². The van der Waals surface area contributed by atoms with E-state index in [1.165, 1.54) is 12.1 Å². The molecule has 3 aromatic rings. The van der Waals surface area contributed by atoms with Crippen molar-refractivity contribution in [3.05, 3.63) is 92.6 Å². The SMILES string of the molecule is CCOC(=O)/C=C/c1cnc(CN2CCC(c3cccc(OCc4ccc(Cl)cc4F)n3)CC2)c(Br)c1. The molecule has 9 heteroatoms. The lowest BCUT2D eigenvalue weighted by Gasteiger charge is -2.31. The van der Waals surface area contributed by atoms with Gasteiger partial charge in [-0.15, -0.1) is 0 Å². The van der Waals surface area contributed by atoms with Crippen LogP contribution in [0.25, 0.3) is 6.08 Å². The molecule has 1 aromatic carbocycles. The number of pyridine rings is 2. The second kappa shape index (κ2) is 13.1. The Morgan fingerprint density at radius 3 is 2.78 bits per heavy atom. The summed E-state index contributed by atoms with van der Waals surface area (Å²) in [6.07, 6.45) is 6.80. The Morgan fingerprint density at radius 2 is 2.05 bits per heavy atom. The van der Waals surface area contributed by atoms with Crippen molar-refractivity contribution in [2.24, 2.45) is 0 Å². The molecule has 37 heavy (non-hydrogen) atoms. The van der Waals surface area contributed by atoms with Gasteiger partial charge >= 0.3 is 5.97 Å². The summed E-state index contributed by atoms with van der Waals surface area (Å²) in [6.45, 7) is 4.80. The minimum absolute atomic E-state index is 0.0944. The van der Waals surface area contributed by atoms with Crippen LogP contribution in [0.2, 0.25) is 5.02 Å². The van der Waals surface area contributed by atoms with Gasteiger partial charge in [0.15, 0.2) is 0 Å². The quantitative estimate of drug-likeness (QED) is 0.208. The Kier molecular flexibility index (Phi) is 9.66. The molecule has 4 rings (SSSR count). The largest absolute Gasteiger partial charge is 0.473 e. The van der Waals surface area contributed by atoms with Crippen LogP contribution < -0.4 is 4.74 Å². The minimum atomic E-state index is -0.389. The Labute approximate surface area is 229 Å². The average Bonchev–Trinajstić information content (AvgIpc) is 2.89. The summed E-state index contributed by atoms with van der Waals surface area (Å²) in [5.41, 5.74) is 3.21. The van der Waals surface area contributed by atoms with E-state index in [2.05, 4.69) is 30.8 Å². The van der Waals surface area contributed by atoms with Gasteiger partial charge in [-0.2, -0.15) is 0 Å². The molecular formula is C28H28BrClFN3O3. The van der Waals surface area contributed by atoms with Crippen molar-refractivity contribution in [1.82, 2.24) is 14.9 Å². The first-order valence-electron chi connectivity index (χ1n) is 12.2. The lowest BCUT2D eigenvalue weighted by Crippen LogP contribution is -2.33. The maximum atomic E-state index is 14.0. The molecule has 0 bridgehead atoms. The molecule has 0 N–H and O–H groups in total. The number of ether oxygens (including phenoxy) is 2. The second-order valence-corrected chi connectivity index (χ2v) is 10.0. The molecule has 0 spiro atoms. The highest BCUT2D eigenvalue weighted by atomic mass is 79.9. The van der Waals surface area contributed by atoms with E-state index in [0.717, 1.165) is 53.9 Å². The van der Waals surface area contributed by atoms with Crippen molar-refractivity contribution in [2.75, 3.05) is 19.7 Å². The van der Waals surface area contributed by atoms with Crippen molar-refractivity contribution in [1.29, 1.82) is 0 Å². The zero-order chi connectivity index (χ0) is 26.2. The third kappa shape index (κ3) is 7.84. The first-order chi connectivity index (χ1) is 17.9. The Balaban J connectivity index is 1.29. The highest BCUT2D eigenvalue weighted by molar-refractivity contribution is 9.10. The van der Waals surface area contributed by atoms with Gasteiger partial charge in [0.1, 0.15) is 12.4 Å². The van der Waals surface area contributed by atoms with Gasteiger partial charge in [-0.1, -0.05) is 23.7 Å². The monoisotopic (exact) mass is 587 g/mol. The summed E-state index contributed by atoms with van der Waals surface area (Å²) >= 11 is 9.44. The van der Waals surface area contributed by atoms with E-state index in [9.17, 15) is 9.18 Å². The van der Waals surface area contributed by atoms with Crippen LogP contribution in [0.5, 0.6) is 5.88 Å². The lowest BCUT2D eigenvalue weighted by molar-refractivity contribution is -0.137. The van der Waals surface area contributed by atoms with Crippen molar-refractivity contribution in [3.8, 4) is 5.88 Å². The van der Waals surface area contributed by atoms with Crippen LogP contribution in [0.15, 0.2) is 59.2 Å². The van der Waals surface area contributed by atoms with Crippen LogP contribution >= 0.6 is 27.5 Å². The molecule has 0 saturated carbocycles. The van der Waals surface area contributed by atoms with Gasteiger partial charge < -0.3 is 9.47 Å². The third-order valence-electron chi connectivity index (χ3n) is 6.15. The number of benzene rings is 1. The number of piperidine rings is 1. The number of likely N-dealkylation sites (tertiary alicyclic amines) is 1. The first-order valence-corrected chi connectivity index (χ1v) is 13.3. The van der Waals surface area contributed by atoms with Gasteiger partial charge in [0.2, 0.25) is 5.88 Å². The summed E-state index contributed by atoms with van der Waals surface area (Å²) in [6, 6.07) is 12.3. The molecule has 1 fully saturated rings. The van der Waals surface area contributed by atoms with E-state index in [4.69, 9.17) is 21.1 Å². The third-order valence-corrected chi connectivity index (χ3v) is 7.07. The number of hydrogen-bond donors (Lipinski definition) is 0. The summed E-state index contributed by atoms with van der Waals surface area (Å²) in [4.78, 5) is 23.2. The smallest absolute Gasteiger partial charge is 0.330 e. The fourth-order valence-corrected chi connectivity index (χ4v) is 4.82. The first kappa shape index (κ1) is 27.2. The zero-order valence-electron chi connectivity index (χ0n) is 20.5. The van der Waals surface area contributed by atoms with Gasteiger partial charge in [-0.3, -0.25) is 9.88 Å². The van der Waals surface area contributed by atoms with Gasteiger partial charge in [0.05, 0.1) is 12.3 Å². The molecule has 0 unspecified atom stereocenters. The maximum Gasteiger partial charge on any atom is 0.330 e. The number of aromatic nitrogens is 2. The molecule has 0 aliphatic carbocycles. The van der Waals surface area contributed by atoms with Crippen LogP contribution in [0.3, 0.4) is 0 Å². The minimum Gasteiger partial charge on any atom is -0.473 e. The Bertz CT molecular complexity index is 1270. The predicted octanol–water partition coefficient (Wildman–Crippen LogP) is 6.57. The number of hydrogen-bond acceptors (Lipinski definition) is 6. The highest BCUT2D eigenvalue weighted by Gasteiger charge is 2.23. The van der Waals surface area contributed by atoms with E-state index < -0.39 is 0 Å². The van der Waals surface area contributed by atoms with Crippen molar-refractivity contribution in [2.45, 2.75) is 38.8 Å². The molecule has 3 heterocycles. The Morgan fingerprint density at radius 1 is 1.24 bits per heavy atom. The van der Waals surface area contributed by atoms with Crippen LogP contribution in [0.1, 0.15) is 48.2 Å². The second-order valence-electron chi connectivity index (χ2n) is 8.76. The van der Waals surface area contributed by atoms with Crippen LogP contribution in [-0.4, -0.2) is 40.5 Å². The van der Waals surface area contributed by atoms with E-state index in [1.807, 2.05) is 18.2 Å². The maximum absolute atomic E-state index is 14.0. The number of esters is 1. The average molecular weight is 589 g/mol. The number of carbonyl (C=O) groups is 1. The van der Waals surface area contributed by atoms with Crippen LogP contribution in [0, 0.1) is 5.82 Å². The molecule has 1 aliphatic rings. The molecular weight excluding hydrogens is 561 g/mol. The standard InChI is InChI=1S/C28H28BrClFN3O3/c1-2-36-28(35)9-6-19-14-23(29)26(32-16-19)17-34-12-10-20(11-13-34)25-4-3-5-27(33-25)37-18-21-7-8-22(30)15-24(21)31/h3-9,14-16,20H,2,10-13,17-18H2,1H3/b9-6+. The zero-order valence-corrected chi connectivity index (χ0v) is 22.8. The van der Waals surface area contributed by atoms with Crippen LogP contribution in [0.4, 0.5) is 4.39 Å². The Hall–Kier alpha value is -2.81. The van der Waals surface area contributed by atoms with E-state index in [1.54, 1.807) is 37.4 Å². The number of rotatable bonds is 9. The number of halogens is 3. The van der Waals surface area contributed by atoms with Gasteiger partial charge in [0.25, 0.3) is 0 Å². The van der Waals surface area contributed by atoms with Gasteiger partial charge in [-0.25, -0.2) is 14.2 Å². The summed E-state index contributed by atoms with van der Waals surface area (Å²) in [5, 5.41) is 0.357. The lowest BCUT2D eigenvalue weighted by atomic mass is 9.93. The normalized spacial score (nSPS) is 14.7. The molecule has 0 atom stereocenters. The summed E-state index contributed by atoms with van der Waals surface area (Å²) in [7, 11) is 0. The number of carbonyl (C=O) groups excluding carboxylic acids is 1. The number of nitrogens with zero attached hydrogens (tertiary/aromatic N) is 3. The molecule has 194 valence electrons. The van der Waals surface area contributed by atoms with Gasteiger partial charge in [0, 0.05) is 51.6 Å². The molecule has 6 nitrogen and oxygen atoms in total. The topological polar surface area (TPSA) is 64.5 Å². The fraction of sp³-hybridized carbons (Fsp3) is 0.321. The highest BCUT2D eigenvalue weighted by Crippen LogP contribution is 2.29. The molecule has 0 radical (unpaired) electrons. The molecule has 1 saturated heterocycles. The molecule has 2 aromatic heterocycles. The van der Waals surface area contributed by atoms with E-state index in [0.29, 0.717) is 29.0 Å². The van der Waals surface area contributed by atoms with Crippen molar-refractivity contribution < 1.29 is 18.7 Å². The summed E-state index contributed by atoms with van der Waals surface area (Å²) in [5.74, 6) is 0.0610. The van der Waals surface area contributed by atoms with E-state index >= 15 is 0 Å². The fourth-order valence-electron chi connectivity index (χ4n) is 4.17.